The Balaban J connectivity index is 2.51. The van der Waals surface area contributed by atoms with Gasteiger partial charge in [-0.05, 0) is 31.2 Å². The first kappa shape index (κ1) is 12.0. The highest BCUT2D eigenvalue weighted by molar-refractivity contribution is 6.01. The number of benzene rings is 1. The summed E-state index contributed by atoms with van der Waals surface area (Å²) in [5.74, 6) is -0.349. The molecule has 1 heterocycles. The Labute approximate surface area is 99.1 Å². The number of hydrogen-bond donors (Lipinski definition) is 1. The average molecular weight is 238 g/mol. The van der Waals surface area contributed by atoms with Crippen molar-refractivity contribution in [1.29, 1.82) is 0 Å². The summed E-state index contributed by atoms with van der Waals surface area (Å²) in [4.78, 5) is 0. The Hall–Kier alpha value is -1.46. The molecule has 1 atom stereocenters. The van der Waals surface area contributed by atoms with Crippen molar-refractivity contribution in [3.63, 3.8) is 0 Å². The quantitative estimate of drug-likeness (QED) is 0.601. The van der Waals surface area contributed by atoms with Gasteiger partial charge < -0.3 is 10.4 Å². The number of nitrogens with zero attached hydrogens (tertiary/aromatic N) is 2. The minimum atomic E-state index is -1.01. The van der Waals surface area contributed by atoms with Gasteiger partial charge in [-0.1, -0.05) is 0 Å². The van der Waals surface area contributed by atoms with Crippen LogP contribution in [0.1, 0.15) is 26.3 Å². The van der Waals surface area contributed by atoms with Gasteiger partial charge in [0.05, 0.1) is 0 Å². The molecule has 92 valence electrons. The van der Waals surface area contributed by atoms with Crippen molar-refractivity contribution >= 4 is 5.71 Å². The van der Waals surface area contributed by atoms with Gasteiger partial charge in [0.25, 0.3) is 0 Å². The van der Waals surface area contributed by atoms with Crippen LogP contribution in [0.25, 0.3) is 0 Å². The molecule has 0 unspecified atom stereocenters. The zero-order valence-electron chi connectivity index (χ0n) is 10.0. The molecule has 0 aromatic heterocycles. The maximum absolute atomic E-state index is 12.8. The molecule has 2 rings (SSSR count). The van der Waals surface area contributed by atoms with E-state index in [1.54, 1.807) is 32.9 Å². The molecule has 1 aromatic carbocycles. The second-order valence-electron chi connectivity index (χ2n) is 4.70. The van der Waals surface area contributed by atoms with Gasteiger partial charge in [0.2, 0.25) is 11.4 Å². The van der Waals surface area contributed by atoms with Gasteiger partial charge in [0.1, 0.15) is 11.9 Å². The molecule has 17 heavy (non-hydrogen) atoms. The molecular weight excluding hydrogens is 223 g/mol. The van der Waals surface area contributed by atoms with Gasteiger partial charge in [-0.15, -0.1) is 5.06 Å². The van der Waals surface area contributed by atoms with E-state index in [0.29, 0.717) is 11.3 Å². The van der Waals surface area contributed by atoms with Crippen molar-refractivity contribution in [2.75, 3.05) is 0 Å². The highest BCUT2D eigenvalue weighted by atomic mass is 19.1. The Morgan fingerprint density at radius 3 is 2.29 bits per heavy atom. The highest BCUT2D eigenvalue weighted by Gasteiger charge is 2.49. The molecule has 4 nitrogen and oxygen atoms in total. The fourth-order valence-electron chi connectivity index (χ4n) is 2.13. The van der Waals surface area contributed by atoms with Gasteiger partial charge in [-0.3, -0.25) is 0 Å². The van der Waals surface area contributed by atoms with Gasteiger partial charge in [-0.25, -0.2) is 4.39 Å². The Morgan fingerprint density at radius 2 is 1.88 bits per heavy atom. The SMILES string of the molecule is C[C@@H]1C(c2ccc(F)cc2)=[N+]([O-])C(C)(C)N1O. The molecule has 0 spiro atoms. The molecule has 0 saturated carbocycles. The van der Waals surface area contributed by atoms with Crippen LogP contribution >= 0.6 is 0 Å². The van der Waals surface area contributed by atoms with Crippen molar-refractivity contribution in [1.82, 2.24) is 5.06 Å². The van der Waals surface area contributed by atoms with Crippen LogP contribution in [0.3, 0.4) is 0 Å². The second kappa shape index (κ2) is 3.78. The molecular formula is C12H15FN2O2. The Kier molecular flexibility index (Phi) is 2.67. The first-order valence-electron chi connectivity index (χ1n) is 5.44. The first-order valence-corrected chi connectivity index (χ1v) is 5.44. The van der Waals surface area contributed by atoms with Crippen LogP contribution < -0.4 is 0 Å². The fourth-order valence-corrected chi connectivity index (χ4v) is 2.13. The lowest BCUT2D eigenvalue weighted by molar-refractivity contribution is -0.579. The topological polar surface area (TPSA) is 49.5 Å². The monoisotopic (exact) mass is 238 g/mol. The Morgan fingerprint density at radius 1 is 1.35 bits per heavy atom. The van der Waals surface area contributed by atoms with Gasteiger partial charge >= 0.3 is 0 Å². The summed E-state index contributed by atoms with van der Waals surface area (Å²) in [5, 5.41) is 23.0. The van der Waals surface area contributed by atoms with Crippen LogP contribution in [0.2, 0.25) is 0 Å². The minimum Gasteiger partial charge on any atom is -0.622 e. The summed E-state index contributed by atoms with van der Waals surface area (Å²) in [5.41, 5.74) is 0.0550. The molecule has 0 bridgehead atoms. The van der Waals surface area contributed by atoms with Crippen molar-refractivity contribution in [2.45, 2.75) is 32.5 Å². The van der Waals surface area contributed by atoms with Gasteiger partial charge in [0.15, 0.2) is 0 Å². The minimum absolute atomic E-state index is 0.349. The predicted molar refractivity (Wildman–Crippen MR) is 61.3 cm³/mol. The maximum atomic E-state index is 12.8. The Bertz CT molecular complexity index is 468. The molecule has 0 saturated heterocycles. The van der Waals surface area contributed by atoms with Crippen LogP contribution in [0.5, 0.6) is 0 Å². The molecule has 1 aromatic rings. The van der Waals surface area contributed by atoms with Crippen molar-refractivity contribution in [2.24, 2.45) is 0 Å². The van der Waals surface area contributed by atoms with E-state index in [1.807, 2.05) is 0 Å². The van der Waals surface area contributed by atoms with E-state index in [4.69, 9.17) is 0 Å². The largest absolute Gasteiger partial charge is 0.622 e. The number of rotatable bonds is 1. The lowest BCUT2D eigenvalue weighted by Gasteiger charge is -2.24. The summed E-state index contributed by atoms with van der Waals surface area (Å²) in [6, 6.07) is 5.27. The first-order chi connectivity index (χ1) is 7.85. The molecule has 0 fully saturated rings. The zero-order valence-corrected chi connectivity index (χ0v) is 10.0. The lowest BCUT2D eigenvalue weighted by Crippen LogP contribution is -2.45. The second-order valence-corrected chi connectivity index (χ2v) is 4.70. The molecule has 0 radical (unpaired) electrons. The van der Waals surface area contributed by atoms with E-state index in [1.165, 1.54) is 12.1 Å². The van der Waals surface area contributed by atoms with Crippen molar-refractivity contribution in [3.8, 4) is 0 Å². The summed E-state index contributed by atoms with van der Waals surface area (Å²) in [6.07, 6.45) is 0. The normalized spacial score (nSPS) is 24.4. The summed E-state index contributed by atoms with van der Waals surface area (Å²) in [7, 11) is 0. The molecule has 0 amide bonds. The summed E-state index contributed by atoms with van der Waals surface area (Å²) >= 11 is 0. The van der Waals surface area contributed by atoms with Crippen LogP contribution in [0, 0.1) is 11.0 Å². The summed E-state index contributed by atoms with van der Waals surface area (Å²) in [6.45, 7) is 5.00. The van der Waals surface area contributed by atoms with E-state index in [-0.39, 0.29) is 5.82 Å². The number of halogens is 1. The van der Waals surface area contributed by atoms with Crippen LogP contribution in [-0.4, -0.2) is 32.4 Å². The van der Waals surface area contributed by atoms with E-state index in [2.05, 4.69) is 0 Å². The van der Waals surface area contributed by atoms with Gasteiger partial charge in [0, 0.05) is 19.4 Å². The molecule has 1 aliphatic rings. The van der Waals surface area contributed by atoms with Gasteiger partial charge in [-0.2, -0.15) is 4.74 Å². The predicted octanol–water partition coefficient (Wildman–Crippen LogP) is 1.95. The smallest absolute Gasteiger partial charge is 0.245 e. The standard InChI is InChI=1S/C12H15FN2O2/c1-8-11(9-4-6-10(13)7-5-9)15(17)12(2,3)14(8)16/h4-8,16H,1-3H3/t8-/m1/s1. The van der Waals surface area contributed by atoms with E-state index in [9.17, 15) is 14.8 Å². The van der Waals surface area contributed by atoms with Crippen LogP contribution in [-0.2, 0) is 0 Å². The molecule has 1 aliphatic heterocycles. The molecule has 5 heteroatoms. The van der Waals surface area contributed by atoms with Crippen molar-refractivity contribution in [3.05, 3.63) is 40.9 Å². The van der Waals surface area contributed by atoms with E-state index in [0.717, 1.165) is 9.80 Å². The third-order valence-electron chi connectivity index (χ3n) is 3.18. The third kappa shape index (κ3) is 1.71. The van der Waals surface area contributed by atoms with E-state index >= 15 is 0 Å². The molecule has 1 N–H and O–H groups in total. The zero-order chi connectivity index (χ0) is 12.8. The van der Waals surface area contributed by atoms with Crippen LogP contribution in [0.15, 0.2) is 24.3 Å². The van der Waals surface area contributed by atoms with Crippen LogP contribution in [0.4, 0.5) is 4.39 Å². The highest BCUT2D eigenvalue weighted by Crippen LogP contribution is 2.27. The third-order valence-corrected chi connectivity index (χ3v) is 3.18. The molecule has 0 aliphatic carbocycles. The lowest BCUT2D eigenvalue weighted by atomic mass is 10.1. The number of hydrogen-bond acceptors (Lipinski definition) is 3. The van der Waals surface area contributed by atoms with E-state index < -0.39 is 11.7 Å². The van der Waals surface area contributed by atoms with Crippen molar-refractivity contribution < 1.29 is 14.3 Å². The number of hydroxylamine groups is 3. The maximum Gasteiger partial charge on any atom is 0.245 e. The summed E-state index contributed by atoms with van der Waals surface area (Å²) < 4.78 is 13.6. The average Bonchev–Trinajstić information content (AvgIpc) is 2.43. The fraction of sp³-hybridized carbons (Fsp3) is 0.417.